The Morgan fingerprint density at radius 2 is 1.65 bits per heavy atom. The molecule has 212 valence electrons. The van der Waals surface area contributed by atoms with E-state index >= 15 is 0 Å². The summed E-state index contributed by atoms with van der Waals surface area (Å²) >= 11 is 6.40. The minimum atomic E-state index is -5.00. The number of aromatic nitrogens is 1. The number of nitrogens with one attached hydrogen (secondary N) is 1. The monoisotopic (exact) mass is 608 g/mol. The third-order valence-electron chi connectivity index (χ3n) is 6.03. The van der Waals surface area contributed by atoms with E-state index in [4.69, 9.17) is 17.3 Å². The SMILES string of the molecule is Cc1nc(N(C(=O)C2(C(N)=O)CC2)c2cc(F)cc(C(F)(F)F)c2)sc1C(=O)Nc1cc(C(F)(F)F)ccc1Cl. The first-order valence-electron chi connectivity index (χ1n) is 11.1. The van der Waals surface area contributed by atoms with Gasteiger partial charge in [-0.15, -0.1) is 0 Å². The van der Waals surface area contributed by atoms with Crippen LogP contribution in [0.15, 0.2) is 36.4 Å². The highest BCUT2D eigenvalue weighted by molar-refractivity contribution is 7.18. The molecule has 3 amide bonds. The van der Waals surface area contributed by atoms with E-state index < -0.39 is 68.9 Å². The first kappa shape index (κ1) is 29.3. The van der Waals surface area contributed by atoms with Crippen LogP contribution in [0.3, 0.4) is 0 Å². The zero-order valence-electron chi connectivity index (χ0n) is 20.0. The minimum absolute atomic E-state index is 0.0230. The van der Waals surface area contributed by atoms with Crippen molar-refractivity contribution < 1.29 is 45.1 Å². The van der Waals surface area contributed by atoms with E-state index in [0.29, 0.717) is 40.5 Å². The molecule has 0 bridgehead atoms. The minimum Gasteiger partial charge on any atom is -0.369 e. The van der Waals surface area contributed by atoms with Gasteiger partial charge in [0.25, 0.3) is 5.91 Å². The lowest BCUT2D eigenvalue weighted by Crippen LogP contribution is -2.41. The summed E-state index contributed by atoms with van der Waals surface area (Å²) in [5, 5.41) is 1.58. The molecule has 16 heteroatoms. The van der Waals surface area contributed by atoms with Crippen molar-refractivity contribution in [2.24, 2.45) is 11.1 Å². The quantitative estimate of drug-likeness (QED) is 0.247. The van der Waals surface area contributed by atoms with Crippen LogP contribution in [0.5, 0.6) is 0 Å². The highest BCUT2D eigenvalue weighted by Gasteiger charge is 2.58. The van der Waals surface area contributed by atoms with E-state index in [9.17, 15) is 45.1 Å². The van der Waals surface area contributed by atoms with E-state index in [1.807, 2.05) is 0 Å². The molecule has 0 atom stereocenters. The lowest BCUT2D eigenvalue weighted by Gasteiger charge is -2.24. The van der Waals surface area contributed by atoms with E-state index in [1.165, 1.54) is 6.92 Å². The van der Waals surface area contributed by atoms with Gasteiger partial charge in [0.2, 0.25) is 11.8 Å². The molecule has 3 N–H and O–H groups in total. The Bertz CT molecular complexity index is 1530. The van der Waals surface area contributed by atoms with Gasteiger partial charge in [-0.2, -0.15) is 26.3 Å². The van der Waals surface area contributed by atoms with Crippen molar-refractivity contribution in [3.05, 3.63) is 68.9 Å². The van der Waals surface area contributed by atoms with Crippen LogP contribution in [-0.4, -0.2) is 22.7 Å². The van der Waals surface area contributed by atoms with Gasteiger partial charge in [0.15, 0.2) is 5.13 Å². The predicted molar refractivity (Wildman–Crippen MR) is 131 cm³/mol. The summed E-state index contributed by atoms with van der Waals surface area (Å²) in [6.45, 7) is 1.29. The third kappa shape index (κ3) is 5.61. The summed E-state index contributed by atoms with van der Waals surface area (Å²) in [5.41, 5.74) is -0.0463. The van der Waals surface area contributed by atoms with Crippen LogP contribution in [-0.2, 0) is 21.9 Å². The number of nitrogens with two attached hydrogens (primary N) is 1. The number of amides is 3. The van der Waals surface area contributed by atoms with Crippen molar-refractivity contribution in [1.29, 1.82) is 0 Å². The molecule has 1 saturated carbocycles. The van der Waals surface area contributed by atoms with E-state index in [1.54, 1.807) is 0 Å². The molecular formula is C24H16ClF7N4O3S. The summed E-state index contributed by atoms with van der Waals surface area (Å²) in [7, 11) is 0. The van der Waals surface area contributed by atoms with Gasteiger partial charge >= 0.3 is 12.4 Å². The van der Waals surface area contributed by atoms with E-state index in [-0.39, 0.29) is 34.5 Å². The van der Waals surface area contributed by atoms with Gasteiger partial charge in [0, 0.05) is 0 Å². The maximum absolute atomic E-state index is 14.3. The molecule has 1 aliphatic rings. The van der Waals surface area contributed by atoms with Crippen LogP contribution in [0.4, 0.5) is 47.2 Å². The average molecular weight is 609 g/mol. The summed E-state index contributed by atoms with van der Waals surface area (Å²) in [6.07, 6.45) is -9.78. The maximum atomic E-state index is 14.3. The van der Waals surface area contributed by atoms with Crippen LogP contribution < -0.4 is 16.0 Å². The molecule has 2 aromatic carbocycles. The lowest BCUT2D eigenvalue weighted by atomic mass is 10.0. The summed E-state index contributed by atoms with van der Waals surface area (Å²) in [4.78, 5) is 42.9. The lowest BCUT2D eigenvalue weighted by molar-refractivity contribution is -0.138. The molecule has 0 spiro atoms. The Hall–Kier alpha value is -3.72. The van der Waals surface area contributed by atoms with Gasteiger partial charge < -0.3 is 11.1 Å². The number of anilines is 3. The van der Waals surface area contributed by atoms with Gasteiger partial charge in [-0.1, -0.05) is 22.9 Å². The zero-order chi connectivity index (χ0) is 29.8. The number of benzene rings is 2. The van der Waals surface area contributed by atoms with Crippen LogP contribution >= 0.6 is 22.9 Å². The van der Waals surface area contributed by atoms with Crippen LogP contribution in [0.25, 0.3) is 0 Å². The molecule has 4 rings (SSSR count). The molecule has 0 radical (unpaired) electrons. The van der Waals surface area contributed by atoms with Crippen molar-refractivity contribution in [3.63, 3.8) is 0 Å². The molecule has 7 nitrogen and oxygen atoms in total. The second-order valence-electron chi connectivity index (χ2n) is 8.84. The van der Waals surface area contributed by atoms with E-state index in [2.05, 4.69) is 10.3 Å². The van der Waals surface area contributed by atoms with Crippen LogP contribution in [0, 0.1) is 18.2 Å². The Morgan fingerprint density at radius 1 is 1.02 bits per heavy atom. The smallest absolute Gasteiger partial charge is 0.369 e. The number of aryl methyl sites for hydroxylation is 1. The van der Waals surface area contributed by atoms with Crippen molar-refractivity contribution in [1.82, 2.24) is 4.98 Å². The standard InChI is InChI=1S/C24H16ClF7N4O3S/c1-10-17(18(37)35-16-8-11(23(27,28)29)2-3-15(16)25)40-21(34-10)36(20(39)22(4-5-22)19(33)38)14-7-12(24(30,31)32)6-13(26)9-14/h2-3,6-9H,4-5H2,1H3,(H2,33,38)(H,35,37). The molecular weight excluding hydrogens is 593 g/mol. The van der Waals surface area contributed by atoms with Gasteiger partial charge in [-0.05, 0) is 56.2 Å². The fourth-order valence-corrected chi connectivity index (χ4v) is 4.90. The Kier molecular flexibility index (Phi) is 7.34. The largest absolute Gasteiger partial charge is 0.416 e. The number of thiazole rings is 1. The van der Waals surface area contributed by atoms with Gasteiger partial charge in [-0.3, -0.25) is 19.3 Å². The third-order valence-corrected chi connectivity index (χ3v) is 7.50. The Morgan fingerprint density at radius 3 is 2.20 bits per heavy atom. The van der Waals surface area contributed by atoms with Crippen molar-refractivity contribution >= 4 is 57.2 Å². The van der Waals surface area contributed by atoms with Crippen molar-refractivity contribution in [3.8, 4) is 0 Å². The predicted octanol–water partition coefficient (Wildman–Crippen LogP) is 6.46. The highest BCUT2D eigenvalue weighted by Crippen LogP contribution is 2.50. The molecule has 1 heterocycles. The number of carbonyl (C=O) groups excluding carboxylic acids is 3. The second kappa shape index (κ2) is 10.0. The first-order valence-corrected chi connectivity index (χ1v) is 12.3. The Balaban J connectivity index is 1.78. The first-order chi connectivity index (χ1) is 18.4. The molecule has 0 saturated heterocycles. The number of primary amides is 1. The van der Waals surface area contributed by atoms with Crippen LogP contribution in [0.1, 0.15) is 39.3 Å². The summed E-state index contributed by atoms with van der Waals surface area (Å²) in [5.74, 6) is -4.49. The van der Waals surface area contributed by atoms with Gasteiger partial charge in [-0.25, -0.2) is 9.37 Å². The molecule has 1 aromatic heterocycles. The number of nitrogens with zero attached hydrogens (tertiary/aromatic N) is 2. The fraction of sp³-hybridized carbons (Fsp3) is 0.250. The van der Waals surface area contributed by atoms with Crippen molar-refractivity contribution in [2.45, 2.75) is 32.1 Å². The Labute approximate surface area is 229 Å². The van der Waals surface area contributed by atoms with Crippen molar-refractivity contribution in [2.75, 3.05) is 10.2 Å². The average Bonchev–Trinajstić information content (AvgIpc) is 3.56. The molecule has 1 fully saturated rings. The number of halogens is 8. The molecule has 3 aromatic rings. The van der Waals surface area contributed by atoms with E-state index in [0.717, 1.165) is 6.07 Å². The normalized spacial score (nSPS) is 14.5. The summed E-state index contributed by atoms with van der Waals surface area (Å²) in [6, 6.07) is 3.52. The number of hydrogen-bond acceptors (Lipinski definition) is 5. The number of alkyl halides is 6. The molecule has 0 aliphatic heterocycles. The van der Waals surface area contributed by atoms with Gasteiger partial charge in [0.05, 0.1) is 33.2 Å². The molecule has 1 aliphatic carbocycles. The molecule has 0 unspecified atom stereocenters. The fourth-order valence-electron chi connectivity index (χ4n) is 3.75. The zero-order valence-corrected chi connectivity index (χ0v) is 21.6. The number of carbonyl (C=O) groups is 3. The van der Waals surface area contributed by atoms with Crippen LogP contribution in [0.2, 0.25) is 5.02 Å². The number of hydrogen-bond donors (Lipinski definition) is 2. The topological polar surface area (TPSA) is 105 Å². The highest BCUT2D eigenvalue weighted by atomic mass is 35.5. The summed E-state index contributed by atoms with van der Waals surface area (Å²) < 4.78 is 93.8. The van der Waals surface area contributed by atoms with Gasteiger partial charge in [0.1, 0.15) is 16.1 Å². The maximum Gasteiger partial charge on any atom is 0.416 e. The molecule has 40 heavy (non-hydrogen) atoms. The second-order valence-corrected chi connectivity index (χ2v) is 10.2. The number of rotatable bonds is 6.